The van der Waals surface area contributed by atoms with Gasteiger partial charge in [0, 0.05) is 35.4 Å². The van der Waals surface area contributed by atoms with Gasteiger partial charge in [-0.2, -0.15) is 0 Å². The average Bonchev–Trinajstić information content (AvgIpc) is 3.16. The highest BCUT2D eigenvalue weighted by molar-refractivity contribution is 6.39. The first-order chi connectivity index (χ1) is 18.3. The molecule has 1 atom stereocenters. The lowest BCUT2D eigenvalue weighted by atomic mass is 10.0. The van der Waals surface area contributed by atoms with Gasteiger partial charge in [0.05, 0.1) is 28.0 Å². The first kappa shape index (κ1) is 28.2. The average molecular weight is 585 g/mol. The Kier molecular flexibility index (Phi) is 8.07. The summed E-state index contributed by atoms with van der Waals surface area (Å²) in [5, 5.41) is 13.1. The highest BCUT2D eigenvalue weighted by Crippen LogP contribution is 2.37. The molecule has 2 aliphatic heterocycles. The van der Waals surface area contributed by atoms with Crippen LogP contribution in [0.15, 0.2) is 42.1 Å². The highest BCUT2D eigenvalue weighted by Gasteiger charge is 2.40. The zero-order chi connectivity index (χ0) is 28.5. The molecule has 9 nitrogen and oxygen atoms in total. The largest absolute Gasteiger partial charge is 0.573 e. The van der Waals surface area contributed by atoms with Gasteiger partial charge < -0.3 is 25.1 Å². The summed E-state index contributed by atoms with van der Waals surface area (Å²) >= 11 is 12.1. The highest BCUT2D eigenvalue weighted by atomic mass is 35.5. The van der Waals surface area contributed by atoms with Crippen LogP contribution in [0.3, 0.4) is 0 Å². The predicted octanol–water partition coefficient (Wildman–Crippen LogP) is 5.07. The molecule has 39 heavy (non-hydrogen) atoms. The quantitative estimate of drug-likeness (QED) is 0.294. The number of hydrogen-bond donors (Lipinski definition) is 3. The molecule has 1 unspecified atom stereocenters. The van der Waals surface area contributed by atoms with Crippen LogP contribution in [-0.2, 0) is 16.1 Å². The summed E-state index contributed by atoms with van der Waals surface area (Å²) in [6.45, 7) is 1.53. The van der Waals surface area contributed by atoms with Crippen LogP contribution >= 0.6 is 23.2 Å². The van der Waals surface area contributed by atoms with E-state index in [0.29, 0.717) is 22.6 Å². The van der Waals surface area contributed by atoms with E-state index in [1.807, 2.05) is 0 Å². The minimum Gasteiger partial charge on any atom is -0.487 e. The lowest BCUT2D eigenvalue weighted by Gasteiger charge is -2.29. The summed E-state index contributed by atoms with van der Waals surface area (Å²) in [4.78, 5) is 38.1. The van der Waals surface area contributed by atoms with Crippen molar-refractivity contribution in [2.75, 3.05) is 11.9 Å². The fourth-order valence-corrected chi connectivity index (χ4v) is 4.81. The van der Waals surface area contributed by atoms with Crippen molar-refractivity contribution in [1.82, 2.24) is 10.2 Å². The first-order valence-corrected chi connectivity index (χ1v) is 12.2. The molecule has 0 radical (unpaired) electrons. The molecule has 3 amide bonds. The van der Waals surface area contributed by atoms with Crippen LogP contribution in [0.1, 0.15) is 35.7 Å². The number of fused-ring (bicyclic) bond motifs is 1. The van der Waals surface area contributed by atoms with E-state index < -0.39 is 24.1 Å². The van der Waals surface area contributed by atoms with E-state index >= 15 is 0 Å². The van der Waals surface area contributed by atoms with Crippen LogP contribution in [0.4, 0.5) is 18.9 Å². The topological polar surface area (TPSA) is 121 Å². The molecule has 0 bridgehead atoms. The van der Waals surface area contributed by atoms with Crippen LogP contribution in [0.25, 0.3) is 0 Å². The molecule has 2 heterocycles. The summed E-state index contributed by atoms with van der Waals surface area (Å²) in [7, 11) is 0. The van der Waals surface area contributed by atoms with Gasteiger partial charge in [-0.25, -0.2) is 0 Å². The number of hydrogen-bond acceptors (Lipinski definition) is 7. The maximum Gasteiger partial charge on any atom is 0.573 e. The molecular formula is C25H21Cl2F3N4O5. The van der Waals surface area contributed by atoms with E-state index in [4.69, 9.17) is 33.3 Å². The standard InChI is InChI=1S/C25H21Cl2F3N4O5/c1-12(32-22-17(26)8-14(9-18(22)27)39-25(28,29)30)7-13(31)11-38-20-4-2-3-15-16(20)10-34(24(15)37)19-5-6-21(35)33-23(19)36/h2-4,7-9,19,31-32H,5-6,10-11H2,1H3,(H,33,35,36)/b12-7-,31-13?. The summed E-state index contributed by atoms with van der Waals surface area (Å²) in [6, 6.07) is 6.04. The summed E-state index contributed by atoms with van der Waals surface area (Å²) in [5.41, 5.74) is 1.49. The Bertz CT molecular complexity index is 1370. The zero-order valence-corrected chi connectivity index (χ0v) is 21.8. The van der Waals surface area contributed by atoms with Crippen molar-refractivity contribution in [3.05, 3.63) is 63.3 Å². The normalized spacial score (nSPS) is 17.6. The Morgan fingerprint density at radius 3 is 2.56 bits per heavy atom. The third kappa shape index (κ3) is 6.63. The van der Waals surface area contributed by atoms with Crippen LogP contribution in [0.5, 0.6) is 11.5 Å². The molecule has 2 aliphatic rings. The van der Waals surface area contributed by atoms with Crippen molar-refractivity contribution in [3.63, 3.8) is 0 Å². The molecule has 2 aromatic rings. The molecule has 1 fully saturated rings. The van der Waals surface area contributed by atoms with E-state index in [9.17, 15) is 27.6 Å². The van der Waals surface area contributed by atoms with E-state index in [1.165, 1.54) is 11.0 Å². The Hall–Kier alpha value is -3.77. The minimum absolute atomic E-state index is 0.0215. The number of halogens is 5. The van der Waals surface area contributed by atoms with Gasteiger partial charge in [0.25, 0.3) is 5.91 Å². The van der Waals surface area contributed by atoms with E-state index in [1.54, 1.807) is 25.1 Å². The van der Waals surface area contributed by atoms with E-state index in [-0.39, 0.29) is 59.3 Å². The number of rotatable bonds is 8. The number of ether oxygens (including phenoxy) is 2. The molecule has 14 heteroatoms. The molecule has 0 aromatic heterocycles. The van der Waals surface area contributed by atoms with Gasteiger partial charge in [0.1, 0.15) is 24.1 Å². The fourth-order valence-electron chi connectivity index (χ4n) is 4.25. The van der Waals surface area contributed by atoms with Gasteiger partial charge in [0.15, 0.2) is 0 Å². The molecule has 2 aromatic carbocycles. The van der Waals surface area contributed by atoms with Gasteiger partial charge in [-0.05, 0) is 31.6 Å². The second-order valence-electron chi connectivity index (χ2n) is 8.76. The number of anilines is 1. The number of amides is 3. The maximum atomic E-state index is 12.9. The monoisotopic (exact) mass is 584 g/mol. The lowest BCUT2D eigenvalue weighted by Crippen LogP contribution is -2.52. The van der Waals surface area contributed by atoms with Crippen molar-refractivity contribution >= 4 is 52.3 Å². The van der Waals surface area contributed by atoms with Gasteiger partial charge in [-0.1, -0.05) is 29.3 Å². The predicted molar refractivity (Wildman–Crippen MR) is 136 cm³/mol. The molecule has 3 N–H and O–H groups in total. The first-order valence-electron chi connectivity index (χ1n) is 11.5. The number of piperidine rings is 1. The third-order valence-electron chi connectivity index (χ3n) is 5.88. The van der Waals surface area contributed by atoms with Gasteiger partial charge in [-0.15, -0.1) is 13.2 Å². The van der Waals surface area contributed by atoms with E-state index in [0.717, 1.165) is 12.1 Å². The molecule has 0 aliphatic carbocycles. The number of carbonyl (C=O) groups excluding carboxylic acids is 3. The minimum atomic E-state index is -4.90. The van der Waals surface area contributed by atoms with Gasteiger partial charge in [-0.3, -0.25) is 19.7 Å². The Labute approximate surface area is 230 Å². The van der Waals surface area contributed by atoms with Crippen molar-refractivity contribution in [2.24, 2.45) is 0 Å². The van der Waals surface area contributed by atoms with Crippen molar-refractivity contribution in [2.45, 2.75) is 38.7 Å². The second-order valence-corrected chi connectivity index (χ2v) is 9.57. The SMILES string of the molecule is C/C(=C/C(=N)COc1cccc2c1CN(C1CCC(=O)NC1=O)C2=O)Nc1c(Cl)cc(OC(F)(F)F)cc1Cl. The Balaban J connectivity index is 1.40. The molecule has 206 valence electrons. The zero-order valence-electron chi connectivity index (χ0n) is 20.2. The number of nitrogens with one attached hydrogen (secondary N) is 3. The van der Waals surface area contributed by atoms with Crippen LogP contribution < -0.4 is 20.1 Å². The third-order valence-corrected chi connectivity index (χ3v) is 6.48. The van der Waals surface area contributed by atoms with Gasteiger partial charge in [0.2, 0.25) is 11.8 Å². The van der Waals surface area contributed by atoms with Crippen LogP contribution in [-0.4, -0.2) is 47.3 Å². The summed E-state index contributed by atoms with van der Waals surface area (Å²) in [6.07, 6.45) is -3.12. The van der Waals surface area contributed by atoms with Crippen LogP contribution in [0, 0.1) is 5.41 Å². The molecule has 0 saturated carbocycles. The Morgan fingerprint density at radius 1 is 1.23 bits per heavy atom. The molecule has 4 rings (SSSR count). The number of imide groups is 1. The smallest absolute Gasteiger partial charge is 0.487 e. The number of carbonyl (C=O) groups is 3. The van der Waals surface area contributed by atoms with Gasteiger partial charge >= 0.3 is 6.36 Å². The number of allylic oxidation sites excluding steroid dienone is 1. The summed E-state index contributed by atoms with van der Waals surface area (Å²) < 4.78 is 47.0. The van der Waals surface area contributed by atoms with Crippen LogP contribution in [0.2, 0.25) is 10.0 Å². The van der Waals surface area contributed by atoms with E-state index in [2.05, 4.69) is 15.4 Å². The van der Waals surface area contributed by atoms with Crippen molar-refractivity contribution < 1.29 is 37.0 Å². The molecular weight excluding hydrogens is 564 g/mol. The maximum absolute atomic E-state index is 12.9. The number of benzene rings is 2. The number of nitrogens with zero attached hydrogens (tertiary/aromatic N) is 1. The van der Waals surface area contributed by atoms with Crippen molar-refractivity contribution in [3.8, 4) is 11.5 Å². The Morgan fingerprint density at radius 2 is 1.92 bits per heavy atom. The fraction of sp³-hybridized carbons (Fsp3) is 0.280. The second kappa shape index (κ2) is 11.1. The van der Waals surface area contributed by atoms with Crippen molar-refractivity contribution in [1.29, 1.82) is 5.41 Å². The summed E-state index contributed by atoms with van der Waals surface area (Å²) in [5.74, 6) is -1.45. The molecule has 1 saturated heterocycles. The lowest BCUT2D eigenvalue weighted by molar-refractivity contribution is -0.274. The number of alkyl halides is 3. The molecule has 0 spiro atoms.